The molecule has 0 saturated carbocycles. The van der Waals surface area contributed by atoms with Crippen LogP contribution in [0.5, 0.6) is 0 Å². The van der Waals surface area contributed by atoms with Crippen LogP contribution in [0.1, 0.15) is 22.1 Å². The van der Waals surface area contributed by atoms with Crippen LogP contribution in [0.4, 0.5) is 0 Å². The molecule has 0 aromatic heterocycles. The van der Waals surface area contributed by atoms with Gasteiger partial charge >= 0.3 is 5.97 Å². The zero-order valence-corrected chi connectivity index (χ0v) is 9.70. The van der Waals surface area contributed by atoms with Crippen molar-refractivity contribution in [2.24, 2.45) is 5.92 Å². The summed E-state index contributed by atoms with van der Waals surface area (Å²) >= 11 is 0. The van der Waals surface area contributed by atoms with Crippen LogP contribution in [-0.4, -0.2) is 24.7 Å². The van der Waals surface area contributed by atoms with E-state index in [1.807, 2.05) is 26.0 Å². The molecule has 0 aromatic carbocycles. The predicted octanol–water partition coefficient (Wildman–Crippen LogP) is 1.66. The molecule has 0 aliphatic heterocycles. The molecule has 15 heavy (non-hydrogen) atoms. The van der Waals surface area contributed by atoms with E-state index in [9.17, 15) is 4.79 Å². The van der Waals surface area contributed by atoms with Gasteiger partial charge in [0.25, 0.3) is 0 Å². The first-order valence-corrected chi connectivity index (χ1v) is 5.12. The van der Waals surface area contributed by atoms with Crippen LogP contribution in [0.15, 0.2) is 24.3 Å². The average molecular weight is 210 g/mol. The second-order valence-electron chi connectivity index (χ2n) is 4.09. The predicted molar refractivity (Wildman–Crippen MR) is 60.5 cm³/mol. The molecule has 3 heteroatoms. The molecule has 1 aliphatic rings. The molecule has 0 saturated heterocycles. The lowest BCUT2D eigenvalue weighted by molar-refractivity contribution is -0.143. The fraction of sp³-hybridized carbons (Fsp3) is 0.583. The smallest absolute Gasteiger partial charge is 0.322 e. The standard InChI is InChI=1S/C12H19NO2/c1-9-7-5-6-8-12(9,3)13-10(2)11(14)15-4/h5-10,13H,1-4H3/i7D. The van der Waals surface area contributed by atoms with Crippen LogP contribution in [0, 0.1) is 5.92 Å². The van der Waals surface area contributed by atoms with Crippen molar-refractivity contribution in [1.82, 2.24) is 5.32 Å². The molecule has 0 amide bonds. The molecule has 1 aliphatic carbocycles. The van der Waals surface area contributed by atoms with E-state index in [4.69, 9.17) is 1.37 Å². The van der Waals surface area contributed by atoms with Gasteiger partial charge in [-0.2, -0.15) is 0 Å². The summed E-state index contributed by atoms with van der Waals surface area (Å²) in [5, 5.41) is 3.20. The van der Waals surface area contributed by atoms with Crippen molar-refractivity contribution in [3.8, 4) is 0 Å². The molecular formula is C12H19NO2. The van der Waals surface area contributed by atoms with Gasteiger partial charge in [-0.3, -0.25) is 10.1 Å². The third-order valence-corrected chi connectivity index (χ3v) is 2.87. The van der Waals surface area contributed by atoms with Gasteiger partial charge in [0.05, 0.1) is 8.48 Å². The number of nitrogens with one attached hydrogen (secondary N) is 1. The van der Waals surface area contributed by atoms with Gasteiger partial charge in [-0.15, -0.1) is 0 Å². The van der Waals surface area contributed by atoms with Crippen LogP contribution in [0.2, 0.25) is 0 Å². The summed E-state index contributed by atoms with van der Waals surface area (Å²) in [7, 11) is 1.37. The van der Waals surface area contributed by atoms with E-state index in [2.05, 4.69) is 10.1 Å². The molecule has 0 fully saturated rings. The van der Waals surface area contributed by atoms with Gasteiger partial charge in [0.1, 0.15) is 6.04 Å². The van der Waals surface area contributed by atoms with Gasteiger partial charge in [0.15, 0.2) is 0 Å². The highest BCUT2D eigenvalue weighted by molar-refractivity contribution is 5.75. The van der Waals surface area contributed by atoms with E-state index in [1.54, 1.807) is 13.0 Å². The molecule has 0 radical (unpaired) electrons. The summed E-state index contributed by atoms with van der Waals surface area (Å²) in [6, 6.07) is 0.183. The fourth-order valence-electron chi connectivity index (χ4n) is 1.64. The zero-order valence-electron chi connectivity index (χ0n) is 10.7. The molecule has 3 atom stereocenters. The van der Waals surface area contributed by atoms with Gasteiger partial charge in [-0.05, 0) is 19.8 Å². The number of hydrogen-bond acceptors (Lipinski definition) is 3. The number of ether oxygens (including phenoxy) is 1. The Bertz CT molecular complexity index is 338. The molecule has 84 valence electrons. The number of allylic oxidation sites excluding steroid dienone is 2. The molecule has 0 bridgehead atoms. The van der Waals surface area contributed by atoms with Crippen LogP contribution in [0.25, 0.3) is 0 Å². The monoisotopic (exact) mass is 210 g/mol. The van der Waals surface area contributed by atoms with Crippen molar-refractivity contribution in [3.05, 3.63) is 24.3 Å². The van der Waals surface area contributed by atoms with Gasteiger partial charge < -0.3 is 4.74 Å². The first kappa shape index (κ1) is 10.4. The Morgan fingerprint density at radius 2 is 2.33 bits per heavy atom. The van der Waals surface area contributed by atoms with E-state index in [1.165, 1.54) is 7.11 Å². The summed E-state index contributed by atoms with van der Waals surface area (Å²) < 4.78 is 12.5. The maximum absolute atomic E-state index is 11.3. The summed E-state index contributed by atoms with van der Waals surface area (Å²) in [6.07, 6.45) is 5.60. The Hall–Kier alpha value is -1.09. The number of carbonyl (C=O) groups excluding carboxylic acids is 1. The van der Waals surface area contributed by atoms with E-state index < -0.39 is 0 Å². The first-order valence-electron chi connectivity index (χ1n) is 5.62. The summed E-state index contributed by atoms with van der Waals surface area (Å²) in [4.78, 5) is 11.3. The minimum absolute atomic E-state index is 0.0320. The minimum atomic E-state index is -0.381. The highest BCUT2D eigenvalue weighted by Crippen LogP contribution is 2.24. The van der Waals surface area contributed by atoms with Crippen LogP contribution < -0.4 is 5.32 Å². The van der Waals surface area contributed by atoms with Gasteiger partial charge in [0, 0.05) is 5.54 Å². The highest BCUT2D eigenvalue weighted by atomic mass is 16.5. The fourth-order valence-corrected chi connectivity index (χ4v) is 1.64. The van der Waals surface area contributed by atoms with E-state index >= 15 is 0 Å². The Kier molecular flexibility index (Phi) is 3.21. The molecule has 0 aromatic rings. The molecule has 1 rings (SSSR count). The first-order chi connectivity index (χ1) is 7.40. The summed E-state index contributed by atoms with van der Waals surface area (Å²) in [5.74, 6) is -0.257. The van der Waals surface area contributed by atoms with Crippen molar-refractivity contribution in [2.75, 3.05) is 7.11 Å². The SMILES string of the molecule is [2H]C1=CC=CC(C)(NC(C)C(=O)OC)C1C. The highest BCUT2D eigenvalue weighted by Gasteiger charge is 2.31. The average Bonchev–Trinajstić information content (AvgIpc) is 2.24. The van der Waals surface area contributed by atoms with Gasteiger partial charge in [-0.1, -0.05) is 31.2 Å². The number of methoxy groups -OCH3 is 1. The molecule has 1 N–H and O–H groups in total. The third kappa shape index (κ3) is 2.69. The van der Waals surface area contributed by atoms with Crippen LogP contribution in [-0.2, 0) is 9.53 Å². The lowest BCUT2D eigenvalue weighted by atomic mass is 9.83. The molecular weight excluding hydrogens is 190 g/mol. The molecule has 3 nitrogen and oxygen atoms in total. The van der Waals surface area contributed by atoms with Crippen molar-refractivity contribution in [3.63, 3.8) is 0 Å². The second kappa shape index (κ2) is 4.62. The van der Waals surface area contributed by atoms with E-state index in [0.717, 1.165) is 0 Å². The maximum Gasteiger partial charge on any atom is 0.322 e. The van der Waals surface area contributed by atoms with E-state index in [0.29, 0.717) is 6.05 Å². The van der Waals surface area contributed by atoms with Crippen LogP contribution in [0.3, 0.4) is 0 Å². The number of rotatable bonds is 3. The number of hydrogen-bond donors (Lipinski definition) is 1. The third-order valence-electron chi connectivity index (χ3n) is 2.87. The normalized spacial score (nSPS) is 32.9. The minimum Gasteiger partial charge on any atom is -0.468 e. The second-order valence-corrected chi connectivity index (χ2v) is 4.09. The number of carbonyl (C=O) groups is 1. The quantitative estimate of drug-likeness (QED) is 0.720. The Balaban J connectivity index is 2.76. The topological polar surface area (TPSA) is 38.3 Å². The Morgan fingerprint density at radius 3 is 2.93 bits per heavy atom. The van der Waals surface area contributed by atoms with Crippen molar-refractivity contribution < 1.29 is 10.9 Å². The van der Waals surface area contributed by atoms with Crippen molar-refractivity contribution >= 4 is 5.97 Å². The molecule has 3 unspecified atom stereocenters. The lowest BCUT2D eigenvalue weighted by Gasteiger charge is -2.36. The molecule has 0 heterocycles. The lowest BCUT2D eigenvalue weighted by Crippen LogP contribution is -2.53. The van der Waals surface area contributed by atoms with Crippen LogP contribution >= 0.6 is 0 Å². The largest absolute Gasteiger partial charge is 0.468 e. The Morgan fingerprint density at radius 1 is 1.67 bits per heavy atom. The summed E-state index contributed by atoms with van der Waals surface area (Å²) in [6.45, 7) is 5.72. The summed E-state index contributed by atoms with van der Waals surface area (Å²) in [5.41, 5.74) is -0.376. The van der Waals surface area contributed by atoms with E-state index in [-0.39, 0.29) is 23.5 Å². The Labute approximate surface area is 92.6 Å². The van der Waals surface area contributed by atoms with Crippen molar-refractivity contribution in [2.45, 2.75) is 32.4 Å². The number of esters is 1. The van der Waals surface area contributed by atoms with Gasteiger partial charge in [0.2, 0.25) is 0 Å². The maximum atomic E-state index is 11.3. The molecule has 0 spiro atoms. The van der Waals surface area contributed by atoms with Gasteiger partial charge in [-0.25, -0.2) is 0 Å². The van der Waals surface area contributed by atoms with Crippen molar-refractivity contribution in [1.29, 1.82) is 0 Å². The zero-order chi connectivity index (χ0) is 12.3.